The van der Waals surface area contributed by atoms with Gasteiger partial charge in [0.15, 0.2) is 0 Å². The standard InChI is InChI=1S/C36H41Cl2N3O4SSi/c1-36(2,3)47(28-12-6-4-7-13-28,29-14-8-5-9-15-29)45-24-25-11-10-20-41(35(25)44)31-17-16-26(21-30(31)37)39-22-27(42)23-40-34(43)32-18-19-33(38)46-32/h4-9,12-19,21,25,27,39,42H,10-11,20,22-24H2,1-3H3,(H,40,43). The fourth-order valence-electron chi connectivity index (χ4n) is 6.21. The normalized spacial score (nSPS) is 16.2. The fourth-order valence-corrected chi connectivity index (χ4v) is 12.1. The summed E-state index contributed by atoms with van der Waals surface area (Å²) in [5.74, 6) is -0.570. The second kappa shape index (κ2) is 15.4. The van der Waals surface area contributed by atoms with Crippen molar-refractivity contribution in [2.45, 2.75) is 44.8 Å². The van der Waals surface area contributed by atoms with Gasteiger partial charge >= 0.3 is 0 Å². The van der Waals surface area contributed by atoms with Gasteiger partial charge in [0, 0.05) is 31.9 Å². The van der Waals surface area contributed by atoms with Crippen LogP contribution in [0, 0.1) is 5.92 Å². The van der Waals surface area contributed by atoms with Crippen molar-refractivity contribution in [2.75, 3.05) is 36.5 Å². The van der Waals surface area contributed by atoms with Gasteiger partial charge in [0.2, 0.25) is 5.91 Å². The molecular weight excluding hydrogens is 669 g/mol. The third-order valence-electron chi connectivity index (χ3n) is 8.54. The number of carbonyl (C=O) groups excluding carboxylic acids is 2. The summed E-state index contributed by atoms with van der Waals surface area (Å²) in [5.41, 5.74) is 1.35. The van der Waals surface area contributed by atoms with E-state index in [-0.39, 0.29) is 35.9 Å². The van der Waals surface area contributed by atoms with Crippen molar-refractivity contribution < 1.29 is 19.1 Å². The monoisotopic (exact) mass is 709 g/mol. The molecular formula is C36H41Cl2N3O4SSi. The van der Waals surface area contributed by atoms with Gasteiger partial charge in [0.05, 0.1) is 31.9 Å². The van der Waals surface area contributed by atoms with Crippen molar-refractivity contribution in [3.8, 4) is 0 Å². The number of rotatable bonds is 12. The van der Waals surface area contributed by atoms with E-state index in [4.69, 9.17) is 27.6 Å². The van der Waals surface area contributed by atoms with E-state index in [2.05, 4.69) is 79.9 Å². The summed E-state index contributed by atoms with van der Waals surface area (Å²) in [6, 6.07) is 29.7. The summed E-state index contributed by atoms with van der Waals surface area (Å²) in [6.07, 6.45) is 0.762. The molecule has 4 aromatic rings. The summed E-state index contributed by atoms with van der Waals surface area (Å²) in [6.45, 7) is 7.89. The van der Waals surface area contributed by atoms with E-state index in [9.17, 15) is 14.7 Å². The lowest BCUT2D eigenvalue weighted by atomic mass is 9.97. The zero-order valence-electron chi connectivity index (χ0n) is 26.8. The van der Waals surface area contributed by atoms with Gasteiger partial charge in [0.25, 0.3) is 14.2 Å². The Kier molecular flexibility index (Phi) is 11.5. The lowest BCUT2D eigenvalue weighted by Crippen LogP contribution is -2.67. The maximum Gasteiger partial charge on any atom is 0.261 e. The van der Waals surface area contributed by atoms with Gasteiger partial charge in [-0.2, -0.15) is 0 Å². The number of aliphatic hydroxyl groups excluding tert-OH is 1. The lowest BCUT2D eigenvalue weighted by Gasteiger charge is -2.44. The molecule has 0 radical (unpaired) electrons. The van der Waals surface area contributed by atoms with E-state index in [1.807, 2.05) is 24.3 Å². The average molecular weight is 711 g/mol. The van der Waals surface area contributed by atoms with E-state index in [0.717, 1.165) is 12.8 Å². The summed E-state index contributed by atoms with van der Waals surface area (Å²) >= 11 is 13.8. The Hall–Kier alpha value is -3.18. The third kappa shape index (κ3) is 8.10. The maximum absolute atomic E-state index is 14.0. The minimum atomic E-state index is -2.78. The molecule has 2 amide bonds. The van der Waals surface area contributed by atoms with Crippen molar-refractivity contribution in [1.29, 1.82) is 0 Å². The number of benzene rings is 3. The summed E-state index contributed by atoms with van der Waals surface area (Å²) in [7, 11) is -2.78. The van der Waals surface area contributed by atoms with Crippen molar-refractivity contribution in [3.63, 3.8) is 0 Å². The van der Waals surface area contributed by atoms with Gasteiger partial charge < -0.3 is 25.1 Å². The minimum absolute atomic E-state index is 0.00924. The van der Waals surface area contributed by atoms with Crippen molar-refractivity contribution in [2.24, 2.45) is 5.92 Å². The van der Waals surface area contributed by atoms with Gasteiger partial charge in [0.1, 0.15) is 0 Å². The topological polar surface area (TPSA) is 90.9 Å². The molecule has 7 nitrogen and oxygen atoms in total. The second-order valence-electron chi connectivity index (χ2n) is 12.8. The quantitative estimate of drug-likeness (QED) is 0.145. The van der Waals surface area contributed by atoms with Gasteiger partial charge in [-0.3, -0.25) is 9.59 Å². The Labute approximate surface area is 292 Å². The fraction of sp³-hybridized carbons (Fsp3) is 0.333. The molecule has 3 aromatic carbocycles. The van der Waals surface area contributed by atoms with Crippen LogP contribution in [0.3, 0.4) is 0 Å². The number of thiophene rings is 1. The Morgan fingerprint density at radius 1 is 1.00 bits per heavy atom. The smallest absolute Gasteiger partial charge is 0.261 e. The third-order valence-corrected chi connectivity index (χ3v) is 15.1. The average Bonchev–Trinajstić information content (AvgIpc) is 3.50. The molecule has 1 aromatic heterocycles. The van der Waals surface area contributed by atoms with Crippen LogP contribution in [0.2, 0.25) is 14.4 Å². The zero-order valence-corrected chi connectivity index (χ0v) is 30.2. The van der Waals surface area contributed by atoms with Crippen LogP contribution < -0.4 is 25.9 Å². The van der Waals surface area contributed by atoms with Crippen LogP contribution in [0.1, 0.15) is 43.3 Å². The number of anilines is 2. The Bertz CT molecular complexity index is 1630. The highest BCUT2D eigenvalue weighted by atomic mass is 35.5. The van der Waals surface area contributed by atoms with E-state index >= 15 is 0 Å². The molecule has 1 fully saturated rings. The molecule has 11 heteroatoms. The highest BCUT2D eigenvalue weighted by Gasteiger charge is 2.50. The van der Waals surface area contributed by atoms with E-state index in [0.29, 0.717) is 38.8 Å². The van der Waals surface area contributed by atoms with Crippen LogP contribution in [-0.2, 0) is 9.22 Å². The van der Waals surface area contributed by atoms with Gasteiger partial charge in [-0.25, -0.2) is 0 Å². The second-order valence-corrected chi connectivity index (χ2v) is 19.2. The van der Waals surface area contributed by atoms with Crippen LogP contribution in [0.25, 0.3) is 0 Å². The van der Waals surface area contributed by atoms with Crippen LogP contribution >= 0.6 is 34.5 Å². The molecule has 47 heavy (non-hydrogen) atoms. The van der Waals surface area contributed by atoms with Crippen molar-refractivity contribution >= 4 is 76.4 Å². The molecule has 1 aliphatic heterocycles. The van der Waals surface area contributed by atoms with Crippen molar-refractivity contribution in [3.05, 3.63) is 105 Å². The van der Waals surface area contributed by atoms with E-state index in [1.54, 1.807) is 23.1 Å². The highest BCUT2D eigenvalue weighted by Crippen LogP contribution is 2.38. The first-order chi connectivity index (χ1) is 22.5. The molecule has 0 saturated carbocycles. The van der Waals surface area contributed by atoms with Gasteiger partial charge in [-0.15, -0.1) is 11.3 Å². The maximum atomic E-state index is 14.0. The lowest BCUT2D eigenvalue weighted by molar-refractivity contribution is -0.124. The molecule has 1 aliphatic rings. The van der Waals surface area contributed by atoms with Crippen LogP contribution in [-0.4, -0.2) is 57.6 Å². The number of amides is 2. The number of halogens is 2. The first-order valence-electron chi connectivity index (χ1n) is 15.8. The zero-order chi connectivity index (χ0) is 33.6. The number of hydrogen-bond donors (Lipinski definition) is 3. The van der Waals surface area contributed by atoms with Gasteiger partial charge in [-0.1, -0.05) is 105 Å². The van der Waals surface area contributed by atoms with Crippen LogP contribution in [0.4, 0.5) is 11.4 Å². The molecule has 1 saturated heterocycles. The number of hydrogen-bond acceptors (Lipinski definition) is 6. The summed E-state index contributed by atoms with van der Waals surface area (Å²) in [5, 5.41) is 18.9. The number of piperidine rings is 1. The first-order valence-corrected chi connectivity index (χ1v) is 19.3. The van der Waals surface area contributed by atoms with Crippen LogP contribution in [0.5, 0.6) is 0 Å². The Morgan fingerprint density at radius 2 is 1.66 bits per heavy atom. The molecule has 2 heterocycles. The highest BCUT2D eigenvalue weighted by molar-refractivity contribution is 7.18. The Morgan fingerprint density at radius 3 is 2.23 bits per heavy atom. The molecule has 2 atom stereocenters. The predicted octanol–water partition coefficient (Wildman–Crippen LogP) is 6.58. The Balaban J connectivity index is 1.24. The molecule has 0 bridgehead atoms. The largest absolute Gasteiger partial charge is 0.407 e. The summed E-state index contributed by atoms with van der Waals surface area (Å²) in [4.78, 5) is 28.5. The number of nitrogens with zero attached hydrogens (tertiary/aromatic N) is 1. The van der Waals surface area contributed by atoms with Crippen molar-refractivity contribution in [1.82, 2.24) is 5.32 Å². The minimum Gasteiger partial charge on any atom is -0.407 e. The molecule has 2 unspecified atom stereocenters. The van der Waals surface area contributed by atoms with E-state index in [1.165, 1.54) is 21.7 Å². The molecule has 0 aliphatic carbocycles. The molecule has 5 rings (SSSR count). The molecule has 248 valence electrons. The van der Waals surface area contributed by atoms with Gasteiger partial charge in [-0.05, 0) is 58.6 Å². The van der Waals surface area contributed by atoms with Crippen LogP contribution in [0.15, 0.2) is 91.0 Å². The number of aliphatic hydroxyl groups is 1. The molecule has 0 spiro atoms. The number of carbonyl (C=O) groups is 2. The van der Waals surface area contributed by atoms with E-state index < -0.39 is 14.4 Å². The number of nitrogens with one attached hydrogen (secondary N) is 2. The summed E-state index contributed by atoms with van der Waals surface area (Å²) < 4.78 is 7.65. The first kappa shape index (κ1) is 35.1. The predicted molar refractivity (Wildman–Crippen MR) is 196 cm³/mol. The molecule has 3 N–H and O–H groups in total. The SMILES string of the molecule is CC(C)(C)[Si](OCC1CCCN(c2ccc(NCC(O)CNC(=O)c3ccc(Cl)s3)cc2Cl)C1=O)(c1ccccc1)c1ccccc1.